The van der Waals surface area contributed by atoms with E-state index < -0.39 is 0 Å². The van der Waals surface area contributed by atoms with Gasteiger partial charge in [0.05, 0.1) is 19.1 Å². The lowest BCUT2D eigenvalue weighted by atomic mass is 10.1. The fourth-order valence-electron chi connectivity index (χ4n) is 2.78. The summed E-state index contributed by atoms with van der Waals surface area (Å²) in [4.78, 5) is 29.6. The van der Waals surface area contributed by atoms with Crippen LogP contribution in [0.25, 0.3) is 5.57 Å². The van der Waals surface area contributed by atoms with E-state index in [0.29, 0.717) is 44.0 Å². The fraction of sp³-hybridized carbons (Fsp3) is 0.300. The number of hydroxylamine groups is 1. The van der Waals surface area contributed by atoms with Crippen molar-refractivity contribution in [2.24, 2.45) is 9.98 Å². The Morgan fingerprint density at radius 3 is 3.00 bits per heavy atom. The van der Waals surface area contributed by atoms with E-state index in [9.17, 15) is 4.79 Å². The predicted molar refractivity (Wildman–Crippen MR) is 119 cm³/mol. The van der Waals surface area contributed by atoms with Gasteiger partial charge in [0.15, 0.2) is 17.9 Å². The molecule has 30 heavy (non-hydrogen) atoms. The first-order valence-electron chi connectivity index (χ1n) is 9.62. The van der Waals surface area contributed by atoms with Gasteiger partial charge in [-0.3, -0.25) is 4.79 Å². The minimum Gasteiger partial charge on any atom is -0.387 e. The van der Waals surface area contributed by atoms with Crippen LogP contribution in [-0.2, 0) is 9.63 Å². The van der Waals surface area contributed by atoms with Crippen molar-refractivity contribution in [3.05, 3.63) is 48.0 Å². The van der Waals surface area contributed by atoms with Crippen molar-refractivity contribution in [3.63, 3.8) is 0 Å². The van der Waals surface area contributed by atoms with Crippen LogP contribution in [0.1, 0.15) is 5.69 Å². The van der Waals surface area contributed by atoms with Gasteiger partial charge in [-0.15, -0.1) is 0 Å². The Labute approximate surface area is 175 Å². The van der Waals surface area contributed by atoms with E-state index in [0.717, 1.165) is 23.4 Å². The van der Waals surface area contributed by atoms with Crippen LogP contribution in [0.2, 0.25) is 0 Å². The molecule has 10 heteroatoms. The van der Waals surface area contributed by atoms with Gasteiger partial charge < -0.3 is 26.1 Å². The lowest BCUT2D eigenvalue weighted by Gasteiger charge is -2.15. The number of aldehydes is 1. The third kappa shape index (κ3) is 6.26. The highest BCUT2D eigenvalue weighted by Gasteiger charge is 2.11. The number of carbonyl (C=O) groups excluding carboxylic acids is 1. The molecule has 0 radical (unpaired) electrons. The van der Waals surface area contributed by atoms with Gasteiger partial charge in [0.1, 0.15) is 5.69 Å². The van der Waals surface area contributed by atoms with E-state index in [-0.39, 0.29) is 5.84 Å². The maximum atomic E-state index is 11.5. The molecule has 0 saturated heterocycles. The monoisotopic (exact) mass is 410 g/mol. The van der Waals surface area contributed by atoms with Gasteiger partial charge in [-0.25, -0.2) is 20.4 Å². The summed E-state index contributed by atoms with van der Waals surface area (Å²) in [6, 6.07) is 3.71. The van der Waals surface area contributed by atoms with E-state index in [4.69, 9.17) is 9.82 Å². The zero-order valence-electron chi connectivity index (χ0n) is 16.8. The molecule has 2 aliphatic rings. The second kappa shape index (κ2) is 11.5. The molecule has 0 aliphatic carbocycles. The molecule has 1 aromatic rings. The van der Waals surface area contributed by atoms with E-state index in [2.05, 4.69) is 48.9 Å². The molecule has 1 aromatic heterocycles. The summed E-state index contributed by atoms with van der Waals surface area (Å²) in [5.41, 5.74) is 6.11. The molecule has 0 unspecified atom stereocenters. The Kier molecular flexibility index (Phi) is 8.12. The zero-order chi connectivity index (χ0) is 21.0. The Balaban J connectivity index is 1.82. The van der Waals surface area contributed by atoms with Crippen LogP contribution >= 0.6 is 0 Å². The standard InChI is InChI=1S/C20H26N8O2/c1-30-26-8-7-24-19(13-29)27-18-5-4-17(16-11-22-14-23-12-16)28-20(18)25-10-15-3-2-6-21-9-15/h2-5,9,11,13-14,21,26H,6-8,10,12H2,1H3,(H,22,23)(H,24,27)(H,25,28). The van der Waals surface area contributed by atoms with Crippen LogP contribution < -0.4 is 26.7 Å². The first-order chi connectivity index (χ1) is 14.8. The molecule has 0 aromatic carbocycles. The molecule has 5 N–H and O–H groups in total. The third-order valence-electron chi connectivity index (χ3n) is 4.24. The van der Waals surface area contributed by atoms with E-state index >= 15 is 0 Å². The summed E-state index contributed by atoms with van der Waals surface area (Å²) in [5.74, 6) is 0.797. The first-order valence-corrected chi connectivity index (χ1v) is 9.62. The minimum atomic E-state index is 0.215. The number of aromatic nitrogens is 1. The number of rotatable bonds is 10. The van der Waals surface area contributed by atoms with Crippen molar-refractivity contribution < 1.29 is 9.63 Å². The van der Waals surface area contributed by atoms with Gasteiger partial charge in [0, 0.05) is 50.7 Å². The molecule has 0 amide bonds. The van der Waals surface area contributed by atoms with Gasteiger partial charge in [0.25, 0.3) is 0 Å². The number of nitrogens with zero attached hydrogens (tertiary/aromatic N) is 3. The SMILES string of the molecule is CONCCN/C(C=O)=N/c1ccc(C2=CN=CNC2)nc1NCC1=CNCC=C1. The average molecular weight is 410 g/mol. The van der Waals surface area contributed by atoms with Crippen molar-refractivity contribution in [3.8, 4) is 0 Å². The number of dihydropyridines is 1. The molecule has 0 atom stereocenters. The molecule has 0 fully saturated rings. The number of carbonyl (C=O) groups is 1. The smallest absolute Gasteiger partial charge is 0.185 e. The number of pyridine rings is 1. The highest BCUT2D eigenvalue weighted by atomic mass is 16.6. The Morgan fingerprint density at radius 1 is 1.33 bits per heavy atom. The summed E-state index contributed by atoms with van der Waals surface area (Å²) < 4.78 is 0. The molecule has 3 rings (SSSR count). The summed E-state index contributed by atoms with van der Waals surface area (Å²) in [5, 5.41) is 12.6. The molecule has 2 aliphatic heterocycles. The number of aliphatic imine (C=N–C) groups is 2. The van der Waals surface area contributed by atoms with Gasteiger partial charge in [0.2, 0.25) is 0 Å². The van der Waals surface area contributed by atoms with Crippen molar-refractivity contribution in [1.29, 1.82) is 0 Å². The summed E-state index contributed by atoms with van der Waals surface area (Å²) in [6.45, 7) is 3.05. The van der Waals surface area contributed by atoms with Gasteiger partial charge >= 0.3 is 0 Å². The Morgan fingerprint density at radius 2 is 2.27 bits per heavy atom. The van der Waals surface area contributed by atoms with E-state index in [1.807, 2.05) is 18.3 Å². The summed E-state index contributed by atoms with van der Waals surface area (Å²) in [7, 11) is 1.54. The maximum Gasteiger partial charge on any atom is 0.185 e. The molecule has 10 nitrogen and oxygen atoms in total. The second-order valence-corrected chi connectivity index (χ2v) is 6.40. The van der Waals surface area contributed by atoms with E-state index in [1.165, 1.54) is 7.11 Å². The number of nitrogens with one attached hydrogen (secondary N) is 5. The number of anilines is 1. The highest BCUT2D eigenvalue weighted by molar-refractivity contribution is 6.27. The van der Waals surface area contributed by atoms with Crippen molar-refractivity contribution in [2.75, 3.05) is 45.2 Å². The minimum absolute atomic E-state index is 0.215. The number of hydrogen-bond acceptors (Lipinski definition) is 9. The van der Waals surface area contributed by atoms with Crippen molar-refractivity contribution >= 4 is 35.5 Å². The van der Waals surface area contributed by atoms with Gasteiger partial charge in [-0.05, 0) is 17.7 Å². The van der Waals surface area contributed by atoms with Crippen molar-refractivity contribution in [2.45, 2.75) is 0 Å². The zero-order valence-corrected chi connectivity index (χ0v) is 16.8. The average Bonchev–Trinajstić information content (AvgIpc) is 2.81. The van der Waals surface area contributed by atoms with Crippen LogP contribution in [0.4, 0.5) is 11.5 Å². The Bertz CT molecular complexity index is 889. The summed E-state index contributed by atoms with van der Waals surface area (Å²) in [6.07, 6.45) is 10.2. The van der Waals surface area contributed by atoms with Gasteiger partial charge in [-0.2, -0.15) is 0 Å². The largest absolute Gasteiger partial charge is 0.387 e. The molecular formula is C20H26N8O2. The van der Waals surface area contributed by atoms with Crippen LogP contribution in [0, 0.1) is 0 Å². The highest BCUT2D eigenvalue weighted by Crippen LogP contribution is 2.26. The quantitative estimate of drug-likeness (QED) is 0.124. The molecular weight excluding hydrogens is 384 g/mol. The van der Waals surface area contributed by atoms with Crippen molar-refractivity contribution in [1.82, 2.24) is 26.4 Å². The molecule has 0 spiro atoms. The molecule has 0 bridgehead atoms. The molecule has 3 heterocycles. The Hall–Kier alpha value is -3.50. The second-order valence-electron chi connectivity index (χ2n) is 6.40. The van der Waals surface area contributed by atoms with Crippen LogP contribution in [0.15, 0.2) is 52.2 Å². The third-order valence-corrected chi connectivity index (χ3v) is 4.24. The first kappa shape index (κ1) is 21.2. The predicted octanol–water partition coefficient (Wildman–Crippen LogP) is 0.479. The van der Waals surface area contributed by atoms with Gasteiger partial charge in [-0.1, -0.05) is 12.2 Å². The molecule has 0 saturated carbocycles. The number of hydrogen-bond donors (Lipinski definition) is 5. The van der Waals surface area contributed by atoms with E-state index in [1.54, 1.807) is 12.5 Å². The lowest BCUT2D eigenvalue weighted by Crippen LogP contribution is -2.32. The normalized spacial score (nSPS) is 15.6. The van der Waals surface area contributed by atoms with Crippen LogP contribution in [-0.4, -0.2) is 63.3 Å². The van der Waals surface area contributed by atoms with Crippen LogP contribution in [0.3, 0.4) is 0 Å². The maximum absolute atomic E-state index is 11.5. The fourth-order valence-corrected chi connectivity index (χ4v) is 2.78. The lowest BCUT2D eigenvalue weighted by molar-refractivity contribution is -0.102. The molecule has 158 valence electrons. The summed E-state index contributed by atoms with van der Waals surface area (Å²) >= 11 is 0. The number of amidine groups is 1. The van der Waals surface area contributed by atoms with Crippen LogP contribution in [0.5, 0.6) is 0 Å². The topological polar surface area (TPSA) is 124 Å².